The fraction of sp³-hybridized carbons (Fsp3) is 0.474. The van der Waals surface area contributed by atoms with Crippen LogP contribution in [0.15, 0.2) is 29.4 Å². The van der Waals surface area contributed by atoms with Gasteiger partial charge in [0.1, 0.15) is 0 Å². The first-order chi connectivity index (χ1) is 13.2. The van der Waals surface area contributed by atoms with Crippen LogP contribution < -0.4 is 10.2 Å². The van der Waals surface area contributed by atoms with Crippen molar-refractivity contribution >= 4 is 29.0 Å². The van der Waals surface area contributed by atoms with E-state index in [1.807, 2.05) is 38.1 Å². The minimum absolute atomic E-state index is 0.0816. The number of nitrogens with one attached hydrogen (secondary N) is 1. The molecule has 1 aliphatic heterocycles. The molecule has 0 unspecified atom stereocenters. The lowest BCUT2D eigenvalue weighted by Gasteiger charge is -2.30. The molecule has 8 heteroatoms. The number of aryl methyl sites for hydroxylation is 2. The molecule has 1 N–H and O–H groups in total. The monoisotopic (exact) mass is 387 g/mol. The highest BCUT2D eigenvalue weighted by Crippen LogP contribution is 2.26. The fourth-order valence-electron chi connectivity index (χ4n) is 2.96. The summed E-state index contributed by atoms with van der Waals surface area (Å²) in [5, 5.41) is 11.9. The molecule has 7 nitrogen and oxygen atoms in total. The van der Waals surface area contributed by atoms with Gasteiger partial charge in [-0.25, -0.2) is 4.98 Å². The second-order valence-electron chi connectivity index (χ2n) is 6.15. The van der Waals surface area contributed by atoms with Crippen molar-refractivity contribution in [3.05, 3.63) is 35.7 Å². The summed E-state index contributed by atoms with van der Waals surface area (Å²) in [7, 11) is 0. The van der Waals surface area contributed by atoms with Gasteiger partial charge >= 0.3 is 0 Å². The van der Waals surface area contributed by atoms with E-state index in [1.165, 1.54) is 11.8 Å². The van der Waals surface area contributed by atoms with Gasteiger partial charge in [-0.15, -0.1) is 5.10 Å². The first-order valence-electron chi connectivity index (χ1n) is 9.28. The molecule has 0 aliphatic carbocycles. The second-order valence-corrected chi connectivity index (χ2v) is 7.09. The van der Waals surface area contributed by atoms with Gasteiger partial charge in [0.25, 0.3) is 0 Å². The van der Waals surface area contributed by atoms with Gasteiger partial charge in [0.2, 0.25) is 11.1 Å². The molecular formula is C19H25N5O2S. The lowest BCUT2D eigenvalue weighted by atomic mass is 10.2. The summed E-state index contributed by atoms with van der Waals surface area (Å²) in [5.74, 6) is 0.162. The number of thioether (sulfide) groups is 1. The van der Waals surface area contributed by atoms with Crippen molar-refractivity contribution in [2.75, 3.05) is 42.3 Å². The minimum Gasteiger partial charge on any atom is -0.378 e. The fourth-order valence-corrected chi connectivity index (χ4v) is 3.56. The first-order valence-corrected chi connectivity index (χ1v) is 10.3. The van der Waals surface area contributed by atoms with Crippen LogP contribution in [0.3, 0.4) is 0 Å². The van der Waals surface area contributed by atoms with Crippen LogP contribution in [0, 0.1) is 0 Å². The van der Waals surface area contributed by atoms with E-state index in [-0.39, 0.29) is 11.7 Å². The van der Waals surface area contributed by atoms with Crippen molar-refractivity contribution in [1.82, 2.24) is 15.2 Å². The van der Waals surface area contributed by atoms with Crippen LogP contribution in [0.5, 0.6) is 0 Å². The molecule has 1 aromatic heterocycles. The molecule has 2 heterocycles. The van der Waals surface area contributed by atoms with Crippen molar-refractivity contribution < 1.29 is 9.53 Å². The molecule has 1 aromatic carbocycles. The van der Waals surface area contributed by atoms with Gasteiger partial charge in [-0.3, -0.25) is 4.79 Å². The molecule has 27 heavy (non-hydrogen) atoms. The minimum atomic E-state index is -0.0816. The van der Waals surface area contributed by atoms with E-state index in [4.69, 9.17) is 4.74 Å². The van der Waals surface area contributed by atoms with Crippen molar-refractivity contribution in [3.8, 4) is 0 Å². The van der Waals surface area contributed by atoms with Crippen molar-refractivity contribution in [2.24, 2.45) is 0 Å². The number of carbonyl (C=O) groups is 1. The smallest absolute Gasteiger partial charge is 0.234 e. The Bertz CT molecular complexity index is 780. The number of morpholine rings is 1. The van der Waals surface area contributed by atoms with Crippen LogP contribution in [0.4, 0.5) is 11.4 Å². The number of nitrogens with zero attached hydrogens (tertiary/aromatic N) is 4. The van der Waals surface area contributed by atoms with E-state index < -0.39 is 0 Å². The maximum Gasteiger partial charge on any atom is 0.234 e. The lowest BCUT2D eigenvalue weighted by Crippen LogP contribution is -2.36. The Kier molecular flexibility index (Phi) is 7.00. The quantitative estimate of drug-likeness (QED) is 0.731. The van der Waals surface area contributed by atoms with E-state index in [2.05, 4.69) is 25.4 Å². The van der Waals surface area contributed by atoms with E-state index in [0.717, 1.165) is 48.7 Å². The van der Waals surface area contributed by atoms with E-state index in [0.29, 0.717) is 18.4 Å². The zero-order valence-electron chi connectivity index (χ0n) is 15.8. The summed E-state index contributed by atoms with van der Waals surface area (Å²) in [5.41, 5.74) is 3.72. The average Bonchev–Trinajstić information content (AvgIpc) is 2.73. The normalized spacial score (nSPS) is 14.2. The van der Waals surface area contributed by atoms with Crippen LogP contribution >= 0.6 is 11.8 Å². The molecule has 1 saturated heterocycles. The Hall–Kier alpha value is -2.19. The number of hydrogen-bond donors (Lipinski definition) is 1. The standard InChI is InChI=1S/C19H25N5O2S/c1-3-14-15(4-2)22-23-19(21-14)27-13-18(25)20-16-7-5-6-8-17(16)24-9-11-26-12-10-24/h5-8H,3-4,9-13H2,1-2H3,(H,20,25). The predicted molar refractivity (Wildman–Crippen MR) is 107 cm³/mol. The van der Waals surface area contributed by atoms with Gasteiger partial charge in [0, 0.05) is 13.1 Å². The van der Waals surface area contributed by atoms with E-state index in [9.17, 15) is 4.79 Å². The molecule has 0 saturated carbocycles. The average molecular weight is 388 g/mol. The Labute approximate surface area is 163 Å². The summed E-state index contributed by atoms with van der Waals surface area (Å²) in [6.07, 6.45) is 1.62. The number of amides is 1. The van der Waals surface area contributed by atoms with E-state index >= 15 is 0 Å². The van der Waals surface area contributed by atoms with Crippen LogP contribution in [-0.2, 0) is 22.4 Å². The number of aromatic nitrogens is 3. The highest BCUT2D eigenvalue weighted by atomic mass is 32.2. The maximum absolute atomic E-state index is 12.4. The number of hydrogen-bond acceptors (Lipinski definition) is 7. The maximum atomic E-state index is 12.4. The zero-order valence-corrected chi connectivity index (χ0v) is 16.6. The van der Waals surface area contributed by atoms with Gasteiger partial charge < -0.3 is 15.0 Å². The van der Waals surface area contributed by atoms with Crippen molar-refractivity contribution in [3.63, 3.8) is 0 Å². The predicted octanol–water partition coefficient (Wildman–Crippen LogP) is 2.56. The summed E-state index contributed by atoms with van der Waals surface area (Å²) < 4.78 is 5.41. The van der Waals surface area contributed by atoms with Crippen LogP contribution in [-0.4, -0.2) is 53.1 Å². The number of carbonyl (C=O) groups excluding carboxylic acids is 1. The Morgan fingerprint density at radius 1 is 1.15 bits per heavy atom. The summed E-state index contributed by atoms with van der Waals surface area (Å²) in [4.78, 5) is 19.2. The van der Waals surface area contributed by atoms with Gasteiger partial charge in [-0.05, 0) is 25.0 Å². The molecule has 1 fully saturated rings. The third-order valence-electron chi connectivity index (χ3n) is 4.35. The zero-order chi connectivity index (χ0) is 19.1. The highest BCUT2D eigenvalue weighted by molar-refractivity contribution is 7.99. The summed E-state index contributed by atoms with van der Waals surface area (Å²) >= 11 is 1.31. The van der Waals surface area contributed by atoms with Crippen LogP contribution in [0.1, 0.15) is 25.2 Å². The summed E-state index contributed by atoms with van der Waals surface area (Å²) in [6.45, 7) is 7.14. The molecule has 1 amide bonds. The Balaban J connectivity index is 1.61. The highest BCUT2D eigenvalue weighted by Gasteiger charge is 2.16. The number of benzene rings is 1. The van der Waals surface area contributed by atoms with Crippen LogP contribution in [0.25, 0.3) is 0 Å². The molecule has 2 aromatic rings. The molecule has 3 rings (SSSR count). The van der Waals surface area contributed by atoms with Crippen molar-refractivity contribution in [1.29, 1.82) is 0 Å². The van der Waals surface area contributed by atoms with Gasteiger partial charge in [0.15, 0.2) is 0 Å². The van der Waals surface area contributed by atoms with E-state index in [1.54, 1.807) is 0 Å². The van der Waals surface area contributed by atoms with Gasteiger partial charge in [-0.1, -0.05) is 37.7 Å². The molecule has 1 aliphatic rings. The second kappa shape index (κ2) is 9.66. The largest absolute Gasteiger partial charge is 0.378 e. The Morgan fingerprint density at radius 3 is 2.63 bits per heavy atom. The third kappa shape index (κ3) is 5.17. The number of para-hydroxylation sites is 2. The molecule has 0 atom stereocenters. The van der Waals surface area contributed by atoms with Gasteiger partial charge in [0.05, 0.1) is 41.7 Å². The first kappa shape index (κ1) is 19.6. The van der Waals surface area contributed by atoms with Gasteiger partial charge in [-0.2, -0.15) is 5.10 Å². The number of ether oxygens (including phenoxy) is 1. The molecule has 144 valence electrons. The van der Waals surface area contributed by atoms with Crippen LogP contribution in [0.2, 0.25) is 0 Å². The summed E-state index contributed by atoms with van der Waals surface area (Å²) in [6, 6.07) is 7.86. The molecule has 0 radical (unpaired) electrons. The molecule has 0 bridgehead atoms. The SMILES string of the molecule is CCc1nnc(SCC(=O)Nc2ccccc2N2CCOCC2)nc1CC. The van der Waals surface area contributed by atoms with Crippen molar-refractivity contribution in [2.45, 2.75) is 31.8 Å². The Morgan fingerprint density at radius 2 is 1.89 bits per heavy atom. The third-order valence-corrected chi connectivity index (χ3v) is 5.19. The molecular weight excluding hydrogens is 362 g/mol. The number of rotatable bonds is 7. The topological polar surface area (TPSA) is 80.2 Å². The lowest BCUT2D eigenvalue weighted by molar-refractivity contribution is -0.113. The number of anilines is 2. The molecule has 0 spiro atoms.